The fraction of sp³-hybridized carbons (Fsp3) is 1.00. The zero-order chi connectivity index (χ0) is 9.65. The van der Waals surface area contributed by atoms with Crippen molar-refractivity contribution in [2.24, 2.45) is 5.92 Å². The van der Waals surface area contributed by atoms with Crippen molar-refractivity contribution in [2.75, 3.05) is 26.3 Å². The highest BCUT2D eigenvalue weighted by Crippen LogP contribution is 2.45. The third kappa shape index (κ3) is 1.21. The lowest BCUT2D eigenvalue weighted by molar-refractivity contribution is -0.329. The standard InChI is InChI=1S/C10H17NO3/c1-9-6-12-10(14-9,13-7-9)8-3-2-4-11-5-8/h8,11H,2-7H2,1H3. The Morgan fingerprint density at radius 3 is 2.57 bits per heavy atom. The first-order valence-corrected chi connectivity index (χ1v) is 5.41. The van der Waals surface area contributed by atoms with E-state index in [4.69, 9.17) is 14.2 Å². The Morgan fingerprint density at radius 2 is 2.07 bits per heavy atom. The maximum atomic E-state index is 5.90. The summed E-state index contributed by atoms with van der Waals surface area (Å²) in [4.78, 5) is 0. The molecule has 4 heteroatoms. The first-order chi connectivity index (χ1) is 6.73. The average Bonchev–Trinajstić information content (AvgIpc) is 2.74. The number of fused-ring (bicyclic) bond motifs is 2. The monoisotopic (exact) mass is 199 g/mol. The van der Waals surface area contributed by atoms with E-state index < -0.39 is 5.97 Å². The third-order valence-electron chi connectivity index (χ3n) is 3.34. The van der Waals surface area contributed by atoms with Gasteiger partial charge in [-0.1, -0.05) is 0 Å². The summed E-state index contributed by atoms with van der Waals surface area (Å²) in [6, 6.07) is 0. The van der Waals surface area contributed by atoms with Crippen LogP contribution in [0.15, 0.2) is 0 Å². The number of ether oxygens (including phenoxy) is 3. The minimum absolute atomic E-state index is 0.197. The molecule has 2 bridgehead atoms. The van der Waals surface area contributed by atoms with Gasteiger partial charge in [0.2, 0.25) is 0 Å². The quantitative estimate of drug-likeness (QED) is 0.666. The molecule has 1 N–H and O–H groups in total. The Kier molecular flexibility index (Phi) is 1.89. The van der Waals surface area contributed by atoms with Crippen LogP contribution in [0.5, 0.6) is 0 Å². The number of nitrogens with one attached hydrogen (secondary N) is 1. The molecule has 80 valence electrons. The van der Waals surface area contributed by atoms with Crippen LogP contribution >= 0.6 is 0 Å². The molecule has 0 aromatic heterocycles. The number of hydrogen-bond donors (Lipinski definition) is 1. The number of piperidine rings is 1. The summed E-state index contributed by atoms with van der Waals surface area (Å²) >= 11 is 0. The molecule has 3 aliphatic rings. The molecule has 3 heterocycles. The Bertz CT molecular complexity index is 230. The summed E-state index contributed by atoms with van der Waals surface area (Å²) in [6.45, 7) is 5.44. The van der Waals surface area contributed by atoms with Crippen LogP contribution in [0.1, 0.15) is 19.8 Å². The molecule has 0 aromatic carbocycles. The molecule has 1 unspecified atom stereocenters. The lowest BCUT2D eigenvalue weighted by atomic mass is 9.97. The molecular formula is C10H17NO3. The molecule has 3 aliphatic heterocycles. The van der Waals surface area contributed by atoms with Gasteiger partial charge in [-0.05, 0) is 26.3 Å². The van der Waals surface area contributed by atoms with Gasteiger partial charge in [0.25, 0.3) is 5.97 Å². The van der Waals surface area contributed by atoms with E-state index in [0.717, 1.165) is 19.5 Å². The molecule has 0 spiro atoms. The van der Waals surface area contributed by atoms with Crippen molar-refractivity contribution in [3.05, 3.63) is 0 Å². The van der Waals surface area contributed by atoms with Crippen LogP contribution in [-0.2, 0) is 14.2 Å². The van der Waals surface area contributed by atoms with Crippen molar-refractivity contribution in [3.8, 4) is 0 Å². The molecule has 14 heavy (non-hydrogen) atoms. The topological polar surface area (TPSA) is 39.7 Å². The molecule has 0 saturated carbocycles. The maximum absolute atomic E-state index is 5.90. The number of rotatable bonds is 1. The Balaban J connectivity index is 1.77. The van der Waals surface area contributed by atoms with Crippen molar-refractivity contribution < 1.29 is 14.2 Å². The van der Waals surface area contributed by atoms with Gasteiger partial charge in [0, 0.05) is 6.54 Å². The summed E-state index contributed by atoms with van der Waals surface area (Å²) in [5.41, 5.74) is -0.197. The molecule has 4 nitrogen and oxygen atoms in total. The molecule has 3 saturated heterocycles. The molecule has 0 aromatic rings. The molecule has 1 atom stereocenters. The van der Waals surface area contributed by atoms with Crippen LogP contribution in [0.25, 0.3) is 0 Å². The second kappa shape index (κ2) is 2.92. The predicted molar refractivity (Wildman–Crippen MR) is 49.7 cm³/mol. The van der Waals surface area contributed by atoms with E-state index in [0.29, 0.717) is 19.1 Å². The van der Waals surface area contributed by atoms with Gasteiger partial charge in [-0.3, -0.25) is 0 Å². The molecule has 3 rings (SSSR count). The van der Waals surface area contributed by atoms with Gasteiger partial charge in [-0.15, -0.1) is 0 Å². The number of hydrogen-bond acceptors (Lipinski definition) is 4. The SMILES string of the molecule is CC12COC(C3CCCNC3)(OC1)O2. The minimum atomic E-state index is -0.720. The van der Waals surface area contributed by atoms with Crippen molar-refractivity contribution in [1.82, 2.24) is 5.32 Å². The molecule has 0 aliphatic carbocycles. The summed E-state index contributed by atoms with van der Waals surface area (Å²) in [6.07, 6.45) is 2.31. The Morgan fingerprint density at radius 1 is 1.29 bits per heavy atom. The summed E-state index contributed by atoms with van der Waals surface area (Å²) in [7, 11) is 0. The fourth-order valence-electron chi connectivity index (χ4n) is 2.52. The van der Waals surface area contributed by atoms with Crippen LogP contribution in [0.3, 0.4) is 0 Å². The zero-order valence-corrected chi connectivity index (χ0v) is 8.54. The lowest BCUT2D eigenvalue weighted by Crippen LogP contribution is -2.47. The first kappa shape index (κ1) is 9.09. The van der Waals surface area contributed by atoms with E-state index in [2.05, 4.69) is 12.2 Å². The van der Waals surface area contributed by atoms with Crippen LogP contribution in [0.4, 0.5) is 0 Å². The normalized spacial score (nSPS) is 52.5. The van der Waals surface area contributed by atoms with Gasteiger partial charge in [-0.25, -0.2) is 0 Å². The van der Waals surface area contributed by atoms with E-state index in [-0.39, 0.29) is 5.60 Å². The Labute approximate surface area is 83.9 Å². The van der Waals surface area contributed by atoms with E-state index >= 15 is 0 Å². The van der Waals surface area contributed by atoms with Gasteiger partial charge < -0.3 is 19.5 Å². The van der Waals surface area contributed by atoms with E-state index in [9.17, 15) is 0 Å². The molecular weight excluding hydrogens is 182 g/mol. The fourth-order valence-corrected chi connectivity index (χ4v) is 2.52. The van der Waals surface area contributed by atoms with Gasteiger partial charge in [0.15, 0.2) is 0 Å². The van der Waals surface area contributed by atoms with Gasteiger partial charge in [-0.2, -0.15) is 0 Å². The first-order valence-electron chi connectivity index (χ1n) is 5.41. The third-order valence-corrected chi connectivity index (χ3v) is 3.34. The van der Waals surface area contributed by atoms with Gasteiger partial charge in [0.05, 0.1) is 19.1 Å². The lowest BCUT2D eigenvalue weighted by Gasteiger charge is -2.34. The molecule has 0 amide bonds. The highest BCUT2D eigenvalue weighted by atomic mass is 16.9. The van der Waals surface area contributed by atoms with Crippen molar-refractivity contribution >= 4 is 0 Å². The van der Waals surface area contributed by atoms with E-state index in [1.165, 1.54) is 6.42 Å². The highest BCUT2D eigenvalue weighted by Gasteiger charge is 2.60. The van der Waals surface area contributed by atoms with Crippen LogP contribution in [0, 0.1) is 5.92 Å². The van der Waals surface area contributed by atoms with Crippen molar-refractivity contribution in [3.63, 3.8) is 0 Å². The van der Waals surface area contributed by atoms with Crippen molar-refractivity contribution in [1.29, 1.82) is 0 Å². The smallest absolute Gasteiger partial charge is 0.288 e. The van der Waals surface area contributed by atoms with E-state index in [1.54, 1.807) is 0 Å². The summed E-state index contributed by atoms with van der Waals surface area (Å²) in [5, 5.41) is 3.36. The second-order valence-electron chi connectivity index (χ2n) is 4.78. The molecule has 3 fully saturated rings. The summed E-state index contributed by atoms with van der Waals surface area (Å²) < 4.78 is 17.3. The maximum Gasteiger partial charge on any atom is 0.288 e. The predicted octanol–water partition coefficient (Wildman–Crippen LogP) is 0.475. The van der Waals surface area contributed by atoms with Crippen molar-refractivity contribution in [2.45, 2.75) is 31.3 Å². The van der Waals surface area contributed by atoms with Crippen LogP contribution in [-0.4, -0.2) is 37.9 Å². The summed E-state index contributed by atoms with van der Waals surface area (Å²) in [5.74, 6) is -0.372. The van der Waals surface area contributed by atoms with Crippen LogP contribution < -0.4 is 5.32 Å². The largest absolute Gasteiger partial charge is 0.324 e. The average molecular weight is 199 g/mol. The zero-order valence-electron chi connectivity index (χ0n) is 8.54. The molecule has 0 radical (unpaired) electrons. The van der Waals surface area contributed by atoms with Crippen LogP contribution in [0.2, 0.25) is 0 Å². The highest BCUT2D eigenvalue weighted by molar-refractivity contribution is 4.94. The van der Waals surface area contributed by atoms with Gasteiger partial charge >= 0.3 is 0 Å². The van der Waals surface area contributed by atoms with E-state index in [1.807, 2.05) is 0 Å². The minimum Gasteiger partial charge on any atom is -0.324 e. The Hall–Kier alpha value is -0.160. The van der Waals surface area contributed by atoms with Gasteiger partial charge in [0.1, 0.15) is 5.60 Å². The second-order valence-corrected chi connectivity index (χ2v) is 4.78.